The number of fused-ring (bicyclic) bond motifs is 1. The van der Waals surface area contributed by atoms with E-state index in [2.05, 4.69) is 0 Å². The maximum atomic E-state index is 10.7. The van der Waals surface area contributed by atoms with E-state index in [1.165, 1.54) is 0 Å². The summed E-state index contributed by atoms with van der Waals surface area (Å²) in [4.78, 5) is 10.7. The van der Waals surface area contributed by atoms with E-state index in [1.54, 1.807) is 6.26 Å². The molecule has 0 fully saturated rings. The average molecular weight is 204 g/mol. The molecule has 3 nitrogen and oxygen atoms in total. The molecular weight excluding hydrogens is 192 g/mol. The first-order valence-corrected chi connectivity index (χ1v) is 4.77. The van der Waals surface area contributed by atoms with Crippen molar-refractivity contribution in [3.63, 3.8) is 0 Å². The van der Waals surface area contributed by atoms with Crippen molar-refractivity contribution in [3.8, 4) is 0 Å². The molecule has 1 heterocycles. The average Bonchev–Trinajstić information content (AvgIpc) is 2.56. The van der Waals surface area contributed by atoms with Crippen LogP contribution in [0.5, 0.6) is 0 Å². The molecule has 0 radical (unpaired) electrons. The van der Waals surface area contributed by atoms with Gasteiger partial charge in [0, 0.05) is 10.9 Å². The Morgan fingerprint density at radius 3 is 2.67 bits per heavy atom. The van der Waals surface area contributed by atoms with E-state index in [1.807, 2.05) is 26.0 Å². The molecule has 0 saturated carbocycles. The maximum Gasteiger partial charge on any atom is 0.307 e. The van der Waals surface area contributed by atoms with Gasteiger partial charge in [0.25, 0.3) is 0 Å². The van der Waals surface area contributed by atoms with Gasteiger partial charge in [0.2, 0.25) is 0 Å². The molecular formula is C12H12O3. The van der Waals surface area contributed by atoms with E-state index in [9.17, 15) is 4.79 Å². The van der Waals surface area contributed by atoms with Gasteiger partial charge in [0.05, 0.1) is 12.7 Å². The number of furan rings is 1. The van der Waals surface area contributed by atoms with Crippen molar-refractivity contribution in [2.24, 2.45) is 0 Å². The van der Waals surface area contributed by atoms with E-state index in [0.29, 0.717) is 0 Å². The van der Waals surface area contributed by atoms with Crippen LogP contribution in [0.1, 0.15) is 16.7 Å². The van der Waals surface area contributed by atoms with Crippen LogP contribution in [-0.2, 0) is 11.2 Å². The topological polar surface area (TPSA) is 50.4 Å². The highest BCUT2D eigenvalue weighted by atomic mass is 16.4. The molecule has 3 heteroatoms. The summed E-state index contributed by atoms with van der Waals surface area (Å²) in [5, 5.41) is 9.71. The van der Waals surface area contributed by atoms with Crippen molar-refractivity contribution in [1.29, 1.82) is 0 Å². The molecule has 0 aliphatic rings. The lowest BCUT2D eigenvalue weighted by atomic mass is 10.0. The molecule has 15 heavy (non-hydrogen) atoms. The lowest BCUT2D eigenvalue weighted by Gasteiger charge is -2.00. The number of carboxylic acids is 1. The molecule has 0 spiro atoms. The minimum Gasteiger partial charge on any atom is -0.481 e. The number of hydrogen-bond acceptors (Lipinski definition) is 2. The third kappa shape index (κ3) is 1.61. The summed E-state index contributed by atoms with van der Waals surface area (Å²) in [6.45, 7) is 3.92. The maximum absolute atomic E-state index is 10.7. The minimum absolute atomic E-state index is 0.0112. The van der Waals surface area contributed by atoms with Gasteiger partial charge < -0.3 is 9.52 Å². The van der Waals surface area contributed by atoms with Crippen molar-refractivity contribution in [1.82, 2.24) is 0 Å². The minimum atomic E-state index is -0.835. The summed E-state index contributed by atoms with van der Waals surface area (Å²) in [6, 6.07) is 3.96. The lowest BCUT2D eigenvalue weighted by molar-refractivity contribution is -0.136. The van der Waals surface area contributed by atoms with Gasteiger partial charge in [-0.3, -0.25) is 4.79 Å². The van der Waals surface area contributed by atoms with Crippen molar-refractivity contribution in [2.75, 3.05) is 0 Å². The zero-order chi connectivity index (χ0) is 11.0. The second kappa shape index (κ2) is 3.42. The van der Waals surface area contributed by atoms with Crippen molar-refractivity contribution < 1.29 is 14.3 Å². The molecule has 1 aromatic carbocycles. The Balaban J connectivity index is 2.67. The molecule has 78 valence electrons. The fraction of sp³-hybridized carbons (Fsp3) is 0.250. The summed E-state index contributed by atoms with van der Waals surface area (Å²) < 4.78 is 5.40. The van der Waals surface area contributed by atoms with Crippen molar-refractivity contribution >= 4 is 16.9 Å². The van der Waals surface area contributed by atoms with Gasteiger partial charge >= 0.3 is 5.97 Å². The predicted octanol–water partition coefficient (Wildman–Crippen LogP) is 2.68. The van der Waals surface area contributed by atoms with E-state index in [0.717, 1.165) is 27.7 Å². The summed E-state index contributed by atoms with van der Waals surface area (Å²) in [6.07, 6.45) is 1.55. The second-order valence-electron chi connectivity index (χ2n) is 3.73. The third-order valence-electron chi connectivity index (χ3n) is 2.54. The van der Waals surface area contributed by atoms with Crippen LogP contribution in [0.15, 0.2) is 22.8 Å². The molecule has 0 unspecified atom stereocenters. The number of carboxylic acid groups (broad SMARTS) is 1. The Kier molecular flexibility index (Phi) is 2.23. The molecule has 0 saturated heterocycles. The van der Waals surface area contributed by atoms with Gasteiger partial charge in [-0.25, -0.2) is 0 Å². The summed E-state index contributed by atoms with van der Waals surface area (Å²) in [7, 11) is 0. The highest BCUT2D eigenvalue weighted by Gasteiger charge is 2.12. The number of aryl methyl sites for hydroxylation is 2. The van der Waals surface area contributed by atoms with Gasteiger partial charge in [-0.15, -0.1) is 0 Å². The summed E-state index contributed by atoms with van der Waals surface area (Å²) >= 11 is 0. The fourth-order valence-corrected chi connectivity index (χ4v) is 1.82. The standard InChI is InChI=1S/C12H12O3/c1-7-3-4-8(2)12-11(7)9(6-15-12)5-10(13)14/h3-4,6H,5H2,1-2H3,(H,13,14). The first kappa shape index (κ1) is 9.77. The molecule has 0 bridgehead atoms. The lowest BCUT2D eigenvalue weighted by Crippen LogP contribution is -1.99. The Labute approximate surface area is 87.3 Å². The van der Waals surface area contributed by atoms with E-state index >= 15 is 0 Å². The zero-order valence-corrected chi connectivity index (χ0v) is 8.70. The first-order valence-electron chi connectivity index (χ1n) is 4.77. The number of carbonyl (C=O) groups is 1. The van der Waals surface area contributed by atoms with E-state index in [4.69, 9.17) is 9.52 Å². The monoisotopic (exact) mass is 204 g/mol. The van der Waals surface area contributed by atoms with Crippen LogP contribution >= 0.6 is 0 Å². The van der Waals surface area contributed by atoms with Crippen LogP contribution in [0, 0.1) is 13.8 Å². The van der Waals surface area contributed by atoms with Crippen LogP contribution in [0.2, 0.25) is 0 Å². The van der Waals surface area contributed by atoms with E-state index < -0.39 is 5.97 Å². The summed E-state index contributed by atoms with van der Waals surface area (Å²) in [5.74, 6) is -0.835. The Morgan fingerprint density at radius 1 is 1.33 bits per heavy atom. The van der Waals surface area contributed by atoms with Gasteiger partial charge in [-0.2, -0.15) is 0 Å². The molecule has 0 amide bonds. The van der Waals surface area contributed by atoms with Gasteiger partial charge in [0.15, 0.2) is 0 Å². The number of aliphatic carboxylic acids is 1. The number of benzene rings is 1. The molecule has 0 aliphatic carbocycles. The van der Waals surface area contributed by atoms with E-state index in [-0.39, 0.29) is 6.42 Å². The van der Waals surface area contributed by atoms with Crippen LogP contribution in [0.4, 0.5) is 0 Å². The molecule has 1 aromatic heterocycles. The van der Waals surface area contributed by atoms with Crippen LogP contribution in [-0.4, -0.2) is 11.1 Å². The predicted molar refractivity (Wildman–Crippen MR) is 57.0 cm³/mol. The van der Waals surface area contributed by atoms with Gasteiger partial charge in [-0.1, -0.05) is 12.1 Å². The molecule has 0 aliphatic heterocycles. The first-order chi connectivity index (χ1) is 7.09. The molecule has 1 N–H and O–H groups in total. The number of hydrogen-bond donors (Lipinski definition) is 1. The molecule has 0 atom stereocenters. The highest BCUT2D eigenvalue weighted by molar-refractivity contribution is 5.89. The Hall–Kier alpha value is -1.77. The normalized spacial score (nSPS) is 10.8. The molecule has 2 rings (SSSR count). The smallest absolute Gasteiger partial charge is 0.307 e. The van der Waals surface area contributed by atoms with Gasteiger partial charge in [-0.05, 0) is 25.0 Å². The van der Waals surface area contributed by atoms with Crippen molar-refractivity contribution in [3.05, 3.63) is 35.1 Å². The quantitative estimate of drug-likeness (QED) is 0.818. The SMILES string of the molecule is Cc1ccc(C)c2c(CC(=O)O)coc12. The molecule has 2 aromatic rings. The fourth-order valence-electron chi connectivity index (χ4n) is 1.82. The Morgan fingerprint density at radius 2 is 2.00 bits per heavy atom. The third-order valence-corrected chi connectivity index (χ3v) is 2.54. The van der Waals surface area contributed by atoms with Crippen molar-refractivity contribution in [2.45, 2.75) is 20.3 Å². The largest absolute Gasteiger partial charge is 0.481 e. The van der Waals surface area contributed by atoms with Crippen LogP contribution in [0.25, 0.3) is 11.0 Å². The zero-order valence-electron chi connectivity index (χ0n) is 8.70. The highest BCUT2D eigenvalue weighted by Crippen LogP contribution is 2.27. The second-order valence-corrected chi connectivity index (χ2v) is 3.73. The van der Waals surface area contributed by atoms with Gasteiger partial charge in [0.1, 0.15) is 5.58 Å². The Bertz CT molecular complexity index is 523. The number of rotatable bonds is 2. The summed E-state index contributed by atoms with van der Waals surface area (Å²) in [5.41, 5.74) is 3.64. The van der Waals surface area contributed by atoms with Crippen LogP contribution in [0.3, 0.4) is 0 Å². The van der Waals surface area contributed by atoms with Crippen LogP contribution < -0.4 is 0 Å².